The Labute approximate surface area is 213 Å². The summed E-state index contributed by atoms with van der Waals surface area (Å²) >= 11 is 0. The topological polar surface area (TPSA) is 22.1 Å². The molecule has 2 heteroatoms. The van der Waals surface area contributed by atoms with E-state index in [0.717, 1.165) is 34.6 Å². The molecule has 0 amide bonds. The van der Waals surface area contributed by atoms with E-state index in [2.05, 4.69) is 81.4 Å². The molecule has 0 radical (unpaired) electrons. The molecular weight excluding hydrogens is 438 g/mol. The van der Waals surface area contributed by atoms with Crippen LogP contribution in [0.3, 0.4) is 0 Å². The molecule has 0 atom stereocenters. The second-order valence-corrected chi connectivity index (χ2v) is 12.0. The summed E-state index contributed by atoms with van der Waals surface area (Å²) < 4.78 is 6.89. The lowest BCUT2D eigenvalue weighted by molar-refractivity contribution is 0.400. The summed E-state index contributed by atoms with van der Waals surface area (Å²) in [6.45, 7) is 6.91. The molecule has 5 aromatic rings. The maximum absolute atomic E-state index is 6.89. The Hall–Kier alpha value is -3.39. The van der Waals surface area contributed by atoms with Crippen LogP contribution in [-0.4, -0.2) is 4.98 Å². The molecule has 1 aromatic heterocycles. The first-order chi connectivity index (χ1) is 17.5. The second kappa shape index (κ2) is 8.06. The highest BCUT2D eigenvalue weighted by Gasteiger charge is 2.29. The Balaban J connectivity index is 1.54. The van der Waals surface area contributed by atoms with Crippen LogP contribution in [0.25, 0.3) is 43.6 Å². The van der Waals surface area contributed by atoms with Crippen LogP contribution in [0.2, 0.25) is 0 Å². The monoisotopic (exact) mass is 471 g/mol. The first kappa shape index (κ1) is 21.9. The van der Waals surface area contributed by atoms with E-state index in [4.69, 9.17) is 9.72 Å². The Morgan fingerprint density at radius 3 is 2.47 bits per heavy atom. The molecule has 0 bridgehead atoms. The van der Waals surface area contributed by atoms with Gasteiger partial charge in [-0.3, -0.25) is 4.98 Å². The van der Waals surface area contributed by atoms with Crippen LogP contribution in [0, 0.1) is 5.41 Å². The lowest BCUT2D eigenvalue weighted by Gasteiger charge is -2.29. The van der Waals surface area contributed by atoms with Gasteiger partial charge in [-0.2, -0.15) is 0 Å². The van der Waals surface area contributed by atoms with Gasteiger partial charge in [0, 0.05) is 17.3 Å². The van der Waals surface area contributed by atoms with E-state index in [1.807, 2.05) is 6.20 Å². The second-order valence-electron chi connectivity index (χ2n) is 12.0. The largest absolute Gasteiger partial charge is 0.456 e. The molecule has 2 heterocycles. The van der Waals surface area contributed by atoms with Gasteiger partial charge in [0.05, 0.1) is 11.1 Å². The van der Waals surface area contributed by atoms with E-state index >= 15 is 0 Å². The van der Waals surface area contributed by atoms with E-state index in [9.17, 15) is 0 Å². The van der Waals surface area contributed by atoms with Crippen molar-refractivity contribution in [1.82, 2.24) is 4.98 Å². The van der Waals surface area contributed by atoms with Gasteiger partial charge in [0.15, 0.2) is 0 Å². The third-order valence-electron chi connectivity index (χ3n) is 8.21. The molecule has 180 valence electrons. The zero-order valence-electron chi connectivity index (χ0n) is 21.5. The van der Waals surface area contributed by atoms with Crippen molar-refractivity contribution in [3.63, 3.8) is 0 Å². The standard InChI is InChI=1S/C34H33NO/c1-34(2,3)20-28-24-14-8-7-12-22(24)18-27-32-31-26(16-17-35-32)30-23(19-29(31)36-33(27)28)13-9-15-25(30)21-10-5-4-6-11-21/h7-9,12-19,21H,4-6,10-11,20H2,1-3H3. The molecule has 1 aliphatic carbocycles. The molecule has 0 unspecified atom stereocenters. The first-order valence-corrected chi connectivity index (χ1v) is 13.6. The van der Waals surface area contributed by atoms with Crippen LogP contribution in [-0.2, 0) is 6.42 Å². The predicted molar refractivity (Wildman–Crippen MR) is 151 cm³/mol. The van der Waals surface area contributed by atoms with Crippen molar-refractivity contribution < 1.29 is 4.74 Å². The number of ether oxygens (including phenoxy) is 1. The molecule has 0 N–H and O–H groups in total. The highest BCUT2D eigenvalue weighted by Crippen LogP contribution is 2.52. The van der Waals surface area contributed by atoms with E-state index in [-0.39, 0.29) is 5.41 Å². The maximum atomic E-state index is 6.89. The first-order valence-electron chi connectivity index (χ1n) is 13.6. The van der Waals surface area contributed by atoms with Crippen molar-refractivity contribution in [2.45, 2.75) is 65.2 Å². The summed E-state index contributed by atoms with van der Waals surface area (Å²) in [7, 11) is 0. The Morgan fingerprint density at radius 2 is 1.64 bits per heavy atom. The van der Waals surface area contributed by atoms with Crippen molar-refractivity contribution in [1.29, 1.82) is 0 Å². The summed E-state index contributed by atoms with van der Waals surface area (Å²) in [5, 5.41) is 7.66. The molecule has 0 spiro atoms. The average Bonchev–Trinajstić information content (AvgIpc) is 2.88. The van der Waals surface area contributed by atoms with Crippen LogP contribution in [0.4, 0.5) is 0 Å². The normalized spacial score (nSPS) is 15.9. The fourth-order valence-corrected chi connectivity index (χ4v) is 6.70. The van der Waals surface area contributed by atoms with E-state index < -0.39 is 0 Å². The van der Waals surface area contributed by atoms with E-state index in [1.165, 1.54) is 70.2 Å². The molecule has 36 heavy (non-hydrogen) atoms. The lowest BCUT2D eigenvalue weighted by atomic mass is 9.80. The number of fused-ring (bicyclic) bond motifs is 5. The lowest BCUT2D eigenvalue weighted by Crippen LogP contribution is -2.12. The van der Waals surface area contributed by atoms with Gasteiger partial charge in [0.25, 0.3) is 0 Å². The highest BCUT2D eigenvalue weighted by molar-refractivity contribution is 6.17. The van der Waals surface area contributed by atoms with Crippen LogP contribution in [0.1, 0.15) is 69.9 Å². The van der Waals surface area contributed by atoms with Crippen molar-refractivity contribution in [2.75, 3.05) is 0 Å². The van der Waals surface area contributed by atoms with Gasteiger partial charge in [-0.15, -0.1) is 0 Å². The van der Waals surface area contributed by atoms with Gasteiger partial charge < -0.3 is 4.74 Å². The number of pyridine rings is 1. The zero-order chi connectivity index (χ0) is 24.4. The minimum atomic E-state index is 0.138. The molecule has 1 aliphatic heterocycles. The predicted octanol–water partition coefficient (Wildman–Crippen LogP) is 9.95. The molecule has 0 saturated heterocycles. The SMILES string of the molecule is CC(C)(C)Cc1c2c(cc3ccccc13)-c1nccc3c1c(cc1cccc(C4CCCCC4)c13)O2. The summed E-state index contributed by atoms with van der Waals surface area (Å²) in [5.41, 5.74) is 5.12. The Kier molecular flexibility index (Phi) is 4.90. The molecule has 7 rings (SSSR count). The fourth-order valence-electron chi connectivity index (χ4n) is 6.70. The summed E-state index contributed by atoms with van der Waals surface area (Å²) in [4.78, 5) is 4.99. The molecule has 1 fully saturated rings. The van der Waals surface area contributed by atoms with Gasteiger partial charge in [0.2, 0.25) is 0 Å². The maximum Gasteiger partial charge on any atom is 0.140 e. The van der Waals surface area contributed by atoms with Crippen molar-refractivity contribution in [3.8, 4) is 22.8 Å². The number of nitrogens with zero attached hydrogens (tertiary/aromatic N) is 1. The van der Waals surface area contributed by atoms with Gasteiger partial charge in [-0.25, -0.2) is 0 Å². The van der Waals surface area contributed by atoms with E-state index in [1.54, 1.807) is 0 Å². The molecular formula is C34H33NO. The van der Waals surface area contributed by atoms with Crippen LogP contribution in [0.5, 0.6) is 11.5 Å². The Bertz CT molecular complexity index is 1650. The number of hydrogen-bond donors (Lipinski definition) is 0. The number of rotatable bonds is 2. The quantitative estimate of drug-likeness (QED) is 0.234. The summed E-state index contributed by atoms with van der Waals surface area (Å²) in [6.07, 6.45) is 9.58. The molecule has 2 aliphatic rings. The highest BCUT2D eigenvalue weighted by atomic mass is 16.5. The molecule has 2 nitrogen and oxygen atoms in total. The smallest absolute Gasteiger partial charge is 0.140 e. The van der Waals surface area contributed by atoms with Crippen molar-refractivity contribution >= 4 is 32.3 Å². The molecule has 1 saturated carbocycles. The fraction of sp³-hybridized carbons (Fsp3) is 0.324. The number of benzene rings is 4. The van der Waals surface area contributed by atoms with Gasteiger partial charge in [0.1, 0.15) is 11.5 Å². The zero-order valence-corrected chi connectivity index (χ0v) is 21.5. The average molecular weight is 472 g/mol. The minimum absolute atomic E-state index is 0.138. The van der Waals surface area contributed by atoms with Crippen molar-refractivity contribution in [3.05, 3.63) is 78.0 Å². The third-order valence-corrected chi connectivity index (χ3v) is 8.21. The number of aromatic nitrogens is 1. The Morgan fingerprint density at radius 1 is 0.833 bits per heavy atom. The van der Waals surface area contributed by atoms with Crippen molar-refractivity contribution in [2.24, 2.45) is 5.41 Å². The summed E-state index contributed by atoms with van der Waals surface area (Å²) in [6, 6.07) is 22.4. The summed E-state index contributed by atoms with van der Waals surface area (Å²) in [5.74, 6) is 2.57. The molecule has 4 aromatic carbocycles. The number of hydrogen-bond acceptors (Lipinski definition) is 2. The van der Waals surface area contributed by atoms with Crippen LogP contribution >= 0.6 is 0 Å². The third kappa shape index (κ3) is 3.42. The van der Waals surface area contributed by atoms with Gasteiger partial charge >= 0.3 is 0 Å². The van der Waals surface area contributed by atoms with E-state index in [0.29, 0.717) is 5.92 Å². The van der Waals surface area contributed by atoms with Crippen LogP contribution in [0.15, 0.2) is 66.9 Å². The van der Waals surface area contributed by atoms with Gasteiger partial charge in [-0.1, -0.05) is 82.5 Å². The minimum Gasteiger partial charge on any atom is -0.456 e. The van der Waals surface area contributed by atoms with Crippen LogP contribution < -0.4 is 4.74 Å². The van der Waals surface area contributed by atoms with Gasteiger partial charge in [-0.05, 0) is 81.3 Å².